The number of nitrogens with zero attached hydrogens (tertiary/aromatic N) is 6. The van der Waals surface area contributed by atoms with Crippen molar-refractivity contribution in [1.29, 1.82) is 5.26 Å². The number of nitriles is 1. The van der Waals surface area contributed by atoms with E-state index in [0.717, 1.165) is 6.54 Å². The molecule has 2 heterocycles. The van der Waals surface area contributed by atoms with Crippen LogP contribution in [-0.4, -0.2) is 24.7 Å². The quantitative estimate of drug-likeness (QED) is 0.638. The Morgan fingerprint density at radius 1 is 1.55 bits per heavy atom. The van der Waals surface area contributed by atoms with Crippen LogP contribution in [0.25, 0.3) is 0 Å². The zero-order valence-corrected chi connectivity index (χ0v) is 10.6. The first-order valence-corrected chi connectivity index (χ1v) is 5.81. The molecule has 2 rings (SSSR count). The summed E-state index contributed by atoms with van der Waals surface area (Å²) in [5.74, 6) is 1.09. The van der Waals surface area contributed by atoms with Gasteiger partial charge in [-0.05, 0) is 13.0 Å². The predicted molar refractivity (Wildman–Crippen MR) is 68.6 cm³/mol. The van der Waals surface area contributed by atoms with Gasteiger partial charge in [-0.15, -0.1) is 10.2 Å². The second kappa shape index (κ2) is 5.75. The van der Waals surface area contributed by atoms with E-state index in [-0.39, 0.29) is 11.4 Å². The van der Waals surface area contributed by atoms with E-state index in [1.54, 1.807) is 12.4 Å². The van der Waals surface area contributed by atoms with E-state index in [2.05, 4.69) is 20.5 Å². The lowest BCUT2D eigenvalue weighted by atomic mass is 10.3. The molecule has 0 aliphatic heterocycles. The van der Waals surface area contributed by atoms with Crippen molar-refractivity contribution in [3.05, 3.63) is 40.1 Å². The van der Waals surface area contributed by atoms with Gasteiger partial charge in [0.2, 0.25) is 5.69 Å². The Hall–Kier alpha value is -3.02. The smallest absolute Gasteiger partial charge is 0.305 e. The molecular weight excluding hydrogens is 262 g/mol. The van der Waals surface area contributed by atoms with Gasteiger partial charge in [-0.1, -0.05) is 0 Å². The fourth-order valence-corrected chi connectivity index (χ4v) is 1.63. The van der Waals surface area contributed by atoms with Crippen molar-refractivity contribution in [3.63, 3.8) is 0 Å². The van der Waals surface area contributed by atoms with Crippen molar-refractivity contribution in [1.82, 2.24) is 19.7 Å². The Morgan fingerprint density at radius 3 is 3.00 bits per heavy atom. The molecule has 0 aliphatic carbocycles. The van der Waals surface area contributed by atoms with Crippen molar-refractivity contribution in [2.75, 3.05) is 5.32 Å². The molecular formula is C11H11N7O2. The number of aromatic nitrogens is 4. The van der Waals surface area contributed by atoms with E-state index in [1.165, 1.54) is 12.1 Å². The van der Waals surface area contributed by atoms with Crippen LogP contribution >= 0.6 is 0 Å². The Morgan fingerprint density at radius 2 is 2.35 bits per heavy atom. The third-order valence-corrected chi connectivity index (χ3v) is 2.64. The number of pyridine rings is 1. The second-order valence-electron chi connectivity index (χ2n) is 3.82. The van der Waals surface area contributed by atoms with Crippen LogP contribution in [0.4, 0.5) is 11.5 Å². The second-order valence-corrected chi connectivity index (χ2v) is 3.82. The third kappa shape index (κ3) is 2.69. The Balaban J connectivity index is 2.15. The van der Waals surface area contributed by atoms with Crippen LogP contribution in [0.2, 0.25) is 0 Å². The molecule has 0 amide bonds. The maximum atomic E-state index is 10.7. The molecule has 2 aromatic rings. The third-order valence-electron chi connectivity index (χ3n) is 2.64. The van der Waals surface area contributed by atoms with Gasteiger partial charge in [-0.25, -0.2) is 4.98 Å². The number of aryl methyl sites for hydroxylation is 1. The molecule has 0 radical (unpaired) electrons. The molecule has 102 valence electrons. The first-order chi connectivity index (χ1) is 9.65. The summed E-state index contributed by atoms with van der Waals surface area (Å²) in [5, 5.41) is 30.2. The molecule has 0 fully saturated rings. The molecule has 0 spiro atoms. The molecule has 0 aliphatic rings. The molecule has 0 atom stereocenters. The van der Waals surface area contributed by atoms with E-state index in [9.17, 15) is 10.1 Å². The lowest BCUT2D eigenvalue weighted by Crippen LogP contribution is -2.09. The minimum absolute atomic E-state index is 0.225. The standard InChI is InChI=1S/C11H11N7O2/c1-2-17-7-14-16-11(17)6-13-10-4-3-9(18(19)20)8(5-12)15-10/h3-4,7H,2,6H2,1H3,(H,13,15). The summed E-state index contributed by atoms with van der Waals surface area (Å²) in [7, 11) is 0. The normalized spacial score (nSPS) is 10.0. The van der Waals surface area contributed by atoms with Gasteiger partial charge in [0, 0.05) is 12.6 Å². The average molecular weight is 273 g/mol. The highest BCUT2D eigenvalue weighted by molar-refractivity contribution is 5.50. The van der Waals surface area contributed by atoms with Crippen LogP contribution < -0.4 is 5.32 Å². The average Bonchev–Trinajstić information content (AvgIpc) is 2.92. The van der Waals surface area contributed by atoms with Crippen molar-refractivity contribution in [3.8, 4) is 6.07 Å². The molecule has 9 nitrogen and oxygen atoms in total. The van der Waals surface area contributed by atoms with Crippen molar-refractivity contribution in [2.24, 2.45) is 0 Å². The largest absolute Gasteiger partial charge is 0.363 e. The molecule has 0 saturated heterocycles. The van der Waals surface area contributed by atoms with Gasteiger partial charge in [0.05, 0.1) is 11.5 Å². The Bertz CT molecular complexity index is 674. The summed E-state index contributed by atoms with van der Waals surface area (Å²) in [6.45, 7) is 3.06. The maximum absolute atomic E-state index is 10.7. The number of anilines is 1. The van der Waals surface area contributed by atoms with Gasteiger partial charge in [0.25, 0.3) is 0 Å². The van der Waals surface area contributed by atoms with E-state index in [4.69, 9.17) is 5.26 Å². The summed E-state index contributed by atoms with van der Waals surface area (Å²) >= 11 is 0. The lowest BCUT2D eigenvalue weighted by Gasteiger charge is -2.06. The number of hydrogen-bond acceptors (Lipinski definition) is 7. The number of rotatable bonds is 5. The first-order valence-electron chi connectivity index (χ1n) is 5.81. The fraction of sp³-hybridized carbons (Fsp3) is 0.273. The van der Waals surface area contributed by atoms with Crippen LogP contribution in [-0.2, 0) is 13.1 Å². The highest BCUT2D eigenvalue weighted by atomic mass is 16.6. The van der Waals surface area contributed by atoms with E-state index >= 15 is 0 Å². The summed E-state index contributed by atoms with van der Waals surface area (Å²) in [6.07, 6.45) is 1.61. The van der Waals surface area contributed by atoms with Gasteiger partial charge in [0.1, 0.15) is 18.2 Å². The van der Waals surface area contributed by atoms with Crippen molar-refractivity contribution < 1.29 is 4.92 Å². The minimum atomic E-state index is -0.636. The number of nitro groups is 1. The highest BCUT2D eigenvalue weighted by Crippen LogP contribution is 2.18. The zero-order chi connectivity index (χ0) is 14.5. The molecule has 9 heteroatoms. The van der Waals surface area contributed by atoms with Crippen LogP contribution in [0.3, 0.4) is 0 Å². The highest BCUT2D eigenvalue weighted by Gasteiger charge is 2.15. The van der Waals surface area contributed by atoms with Crippen molar-refractivity contribution >= 4 is 11.5 Å². The van der Waals surface area contributed by atoms with Crippen LogP contribution in [0.5, 0.6) is 0 Å². The molecule has 0 bridgehead atoms. The molecule has 0 unspecified atom stereocenters. The summed E-state index contributed by atoms with van der Waals surface area (Å²) < 4.78 is 1.85. The topological polar surface area (TPSA) is 123 Å². The molecule has 0 saturated carbocycles. The maximum Gasteiger partial charge on any atom is 0.305 e. The van der Waals surface area contributed by atoms with Crippen molar-refractivity contribution in [2.45, 2.75) is 20.0 Å². The summed E-state index contributed by atoms with van der Waals surface area (Å²) in [5.41, 5.74) is -0.535. The van der Waals surface area contributed by atoms with Gasteiger partial charge < -0.3 is 9.88 Å². The van der Waals surface area contributed by atoms with E-state index in [0.29, 0.717) is 18.2 Å². The minimum Gasteiger partial charge on any atom is -0.363 e. The van der Waals surface area contributed by atoms with Gasteiger partial charge >= 0.3 is 5.69 Å². The lowest BCUT2D eigenvalue weighted by molar-refractivity contribution is -0.385. The predicted octanol–water partition coefficient (Wildman–Crippen LogP) is 1.08. The van der Waals surface area contributed by atoms with Crippen LogP contribution in [0.1, 0.15) is 18.4 Å². The Kier molecular flexibility index (Phi) is 3.85. The fourth-order valence-electron chi connectivity index (χ4n) is 1.63. The molecule has 20 heavy (non-hydrogen) atoms. The van der Waals surface area contributed by atoms with Gasteiger partial charge in [-0.3, -0.25) is 10.1 Å². The van der Waals surface area contributed by atoms with Crippen LogP contribution in [0.15, 0.2) is 18.5 Å². The van der Waals surface area contributed by atoms with Gasteiger partial charge in [0.15, 0.2) is 5.82 Å². The summed E-state index contributed by atoms with van der Waals surface area (Å²) in [6, 6.07) is 4.41. The van der Waals surface area contributed by atoms with E-state index < -0.39 is 4.92 Å². The molecule has 2 aromatic heterocycles. The van der Waals surface area contributed by atoms with Crippen LogP contribution in [0, 0.1) is 21.4 Å². The number of hydrogen-bond donors (Lipinski definition) is 1. The first kappa shape index (κ1) is 13.4. The number of nitrogens with one attached hydrogen (secondary N) is 1. The molecule has 1 N–H and O–H groups in total. The zero-order valence-electron chi connectivity index (χ0n) is 10.6. The van der Waals surface area contributed by atoms with Gasteiger partial charge in [-0.2, -0.15) is 5.26 Å². The monoisotopic (exact) mass is 273 g/mol. The van der Waals surface area contributed by atoms with E-state index in [1.807, 2.05) is 11.5 Å². The summed E-state index contributed by atoms with van der Waals surface area (Å²) in [4.78, 5) is 14.0. The SMILES string of the molecule is CCn1cnnc1CNc1ccc([N+](=O)[O-])c(C#N)n1. The molecule has 0 aromatic carbocycles. The Labute approximate surface area is 114 Å².